The first-order chi connectivity index (χ1) is 9.56. The third-order valence-corrected chi connectivity index (χ3v) is 4.15. The van der Waals surface area contributed by atoms with E-state index >= 15 is 0 Å². The van der Waals surface area contributed by atoms with E-state index in [4.69, 9.17) is 5.73 Å². The molecule has 2 atom stereocenters. The van der Waals surface area contributed by atoms with Crippen molar-refractivity contribution in [1.29, 1.82) is 0 Å². The normalized spacial score (nSPS) is 23.6. The van der Waals surface area contributed by atoms with Crippen LogP contribution >= 0.6 is 0 Å². The van der Waals surface area contributed by atoms with Crippen LogP contribution in [0.25, 0.3) is 0 Å². The number of piperidine rings is 1. The SMILES string of the molecule is CC1CCN(CC(=O)N(C)Cc2ccccc2)CC1N. The van der Waals surface area contributed by atoms with Crippen molar-refractivity contribution in [2.75, 3.05) is 26.7 Å². The molecule has 2 rings (SSSR count). The first-order valence-corrected chi connectivity index (χ1v) is 7.32. The number of hydrogen-bond donors (Lipinski definition) is 1. The Labute approximate surface area is 121 Å². The summed E-state index contributed by atoms with van der Waals surface area (Å²) in [5.41, 5.74) is 7.24. The van der Waals surface area contributed by atoms with Crippen LogP contribution in [0.1, 0.15) is 18.9 Å². The number of amides is 1. The van der Waals surface area contributed by atoms with Crippen LogP contribution in [-0.4, -0.2) is 48.4 Å². The van der Waals surface area contributed by atoms with Crippen molar-refractivity contribution in [2.24, 2.45) is 11.7 Å². The average molecular weight is 275 g/mol. The fourth-order valence-corrected chi connectivity index (χ4v) is 2.57. The molecule has 2 unspecified atom stereocenters. The minimum Gasteiger partial charge on any atom is -0.340 e. The van der Waals surface area contributed by atoms with Crippen LogP contribution in [0.5, 0.6) is 0 Å². The van der Waals surface area contributed by atoms with Gasteiger partial charge < -0.3 is 10.6 Å². The van der Waals surface area contributed by atoms with Gasteiger partial charge in [-0.3, -0.25) is 9.69 Å². The van der Waals surface area contributed by atoms with Crippen LogP contribution in [0.15, 0.2) is 30.3 Å². The summed E-state index contributed by atoms with van der Waals surface area (Å²) in [5.74, 6) is 0.721. The molecular formula is C16H25N3O. The molecule has 1 aromatic carbocycles. The van der Waals surface area contributed by atoms with Gasteiger partial charge in [0.1, 0.15) is 0 Å². The molecule has 4 nitrogen and oxygen atoms in total. The summed E-state index contributed by atoms with van der Waals surface area (Å²) in [4.78, 5) is 16.2. The highest BCUT2D eigenvalue weighted by atomic mass is 16.2. The zero-order valence-electron chi connectivity index (χ0n) is 12.5. The molecule has 1 aliphatic rings. The van der Waals surface area contributed by atoms with E-state index < -0.39 is 0 Å². The zero-order valence-corrected chi connectivity index (χ0v) is 12.5. The molecule has 1 heterocycles. The van der Waals surface area contributed by atoms with Crippen LogP contribution in [-0.2, 0) is 11.3 Å². The minimum atomic E-state index is 0.163. The third kappa shape index (κ3) is 4.05. The lowest BCUT2D eigenvalue weighted by Crippen LogP contribution is -2.50. The maximum absolute atomic E-state index is 12.2. The Kier molecular flexibility index (Phi) is 5.15. The van der Waals surface area contributed by atoms with Crippen molar-refractivity contribution >= 4 is 5.91 Å². The summed E-state index contributed by atoms with van der Waals surface area (Å²) in [6.07, 6.45) is 1.08. The second-order valence-corrected chi connectivity index (χ2v) is 5.90. The maximum atomic E-state index is 12.2. The topological polar surface area (TPSA) is 49.6 Å². The number of likely N-dealkylation sites (N-methyl/N-ethyl adjacent to an activating group) is 1. The van der Waals surface area contributed by atoms with Crippen LogP contribution in [0.4, 0.5) is 0 Å². The van der Waals surface area contributed by atoms with E-state index in [1.807, 2.05) is 37.4 Å². The van der Waals surface area contributed by atoms with Crippen molar-refractivity contribution < 1.29 is 4.79 Å². The Bertz CT molecular complexity index is 435. The zero-order chi connectivity index (χ0) is 14.5. The van der Waals surface area contributed by atoms with Gasteiger partial charge in [0.25, 0.3) is 0 Å². The van der Waals surface area contributed by atoms with Crippen molar-refractivity contribution in [3.8, 4) is 0 Å². The number of carbonyl (C=O) groups excluding carboxylic acids is 1. The standard InChI is InChI=1S/C16H25N3O/c1-13-8-9-19(11-15(13)17)12-16(20)18(2)10-14-6-4-3-5-7-14/h3-7,13,15H,8-12,17H2,1-2H3. The first-order valence-electron chi connectivity index (χ1n) is 7.32. The summed E-state index contributed by atoms with van der Waals surface area (Å²) in [6.45, 7) is 5.12. The Morgan fingerprint density at radius 3 is 2.75 bits per heavy atom. The molecule has 0 aliphatic carbocycles. The van der Waals surface area contributed by atoms with E-state index in [0.717, 1.165) is 25.1 Å². The lowest BCUT2D eigenvalue weighted by atomic mass is 9.94. The van der Waals surface area contributed by atoms with Crippen molar-refractivity contribution in [3.63, 3.8) is 0 Å². The van der Waals surface area contributed by atoms with E-state index in [1.54, 1.807) is 4.90 Å². The monoisotopic (exact) mass is 275 g/mol. The number of likely N-dealkylation sites (tertiary alicyclic amines) is 1. The number of carbonyl (C=O) groups is 1. The van der Waals surface area contributed by atoms with Gasteiger partial charge in [0.05, 0.1) is 6.54 Å². The molecule has 1 amide bonds. The van der Waals surface area contributed by atoms with Gasteiger partial charge in [-0.1, -0.05) is 37.3 Å². The molecule has 0 bridgehead atoms. The highest BCUT2D eigenvalue weighted by Crippen LogP contribution is 2.15. The van der Waals surface area contributed by atoms with Gasteiger partial charge in [-0.05, 0) is 24.4 Å². The molecule has 20 heavy (non-hydrogen) atoms. The second-order valence-electron chi connectivity index (χ2n) is 5.90. The highest BCUT2D eigenvalue weighted by molar-refractivity contribution is 5.78. The van der Waals surface area contributed by atoms with Gasteiger partial charge in [-0.2, -0.15) is 0 Å². The predicted molar refractivity (Wildman–Crippen MR) is 81.1 cm³/mol. The average Bonchev–Trinajstić information content (AvgIpc) is 2.44. The van der Waals surface area contributed by atoms with Gasteiger partial charge in [-0.25, -0.2) is 0 Å². The Balaban J connectivity index is 1.82. The van der Waals surface area contributed by atoms with Gasteiger partial charge in [0.15, 0.2) is 0 Å². The van der Waals surface area contributed by atoms with E-state index in [0.29, 0.717) is 19.0 Å². The number of rotatable bonds is 4. The number of benzene rings is 1. The molecule has 4 heteroatoms. The quantitative estimate of drug-likeness (QED) is 0.901. The molecule has 0 radical (unpaired) electrons. The predicted octanol–water partition coefficient (Wildman–Crippen LogP) is 1.31. The lowest BCUT2D eigenvalue weighted by molar-refractivity contribution is -0.132. The molecule has 1 saturated heterocycles. The molecule has 0 saturated carbocycles. The van der Waals surface area contributed by atoms with Crippen LogP contribution < -0.4 is 5.73 Å². The van der Waals surface area contributed by atoms with E-state index in [2.05, 4.69) is 11.8 Å². The smallest absolute Gasteiger partial charge is 0.236 e. The molecule has 1 aromatic rings. The Morgan fingerprint density at radius 1 is 1.40 bits per heavy atom. The molecular weight excluding hydrogens is 250 g/mol. The minimum absolute atomic E-state index is 0.163. The second kappa shape index (κ2) is 6.86. The summed E-state index contributed by atoms with van der Waals surface area (Å²) in [7, 11) is 1.86. The molecule has 2 N–H and O–H groups in total. The van der Waals surface area contributed by atoms with Crippen molar-refractivity contribution in [2.45, 2.75) is 25.9 Å². The fraction of sp³-hybridized carbons (Fsp3) is 0.562. The summed E-state index contributed by atoms with van der Waals surface area (Å²) >= 11 is 0. The molecule has 0 spiro atoms. The van der Waals surface area contributed by atoms with Gasteiger partial charge in [0.2, 0.25) is 5.91 Å². The summed E-state index contributed by atoms with van der Waals surface area (Å²) in [5, 5.41) is 0. The van der Waals surface area contributed by atoms with E-state index in [9.17, 15) is 4.79 Å². The number of nitrogens with zero attached hydrogens (tertiary/aromatic N) is 2. The van der Waals surface area contributed by atoms with Gasteiger partial charge >= 0.3 is 0 Å². The van der Waals surface area contributed by atoms with E-state index in [1.165, 1.54) is 0 Å². The first kappa shape index (κ1) is 15.0. The number of nitrogens with two attached hydrogens (primary N) is 1. The number of hydrogen-bond acceptors (Lipinski definition) is 3. The van der Waals surface area contributed by atoms with Crippen molar-refractivity contribution in [3.05, 3.63) is 35.9 Å². The molecule has 110 valence electrons. The fourth-order valence-electron chi connectivity index (χ4n) is 2.57. The highest BCUT2D eigenvalue weighted by Gasteiger charge is 2.25. The Hall–Kier alpha value is -1.39. The largest absolute Gasteiger partial charge is 0.340 e. The van der Waals surface area contributed by atoms with Crippen LogP contribution in [0, 0.1) is 5.92 Å². The summed E-state index contributed by atoms with van der Waals surface area (Å²) in [6, 6.07) is 10.3. The van der Waals surface area contributed by atoms with Gasteiger partial charge in [-0.15, -0.1) is 0 Å². The maximum Gasteiger partial charge on any atom is 0.236 e. The Morgan fingerprint density at radius 2 is 2.10 bits per heavy atom. The van der Waals surface area contributed by atoms with E-state index in [-0.39, 0.29) is 11.9 Å². The van der Waals surface area contributed by atoms with Crippen LogP contribution in [0.3, 0.4) is 0 Å². The molecule has 1 fully saturated rings. The lowest BCUT2D eigenvalue weighted by Gasteiger charge is -2.35. The third-order valence-electron chi connectivity index (χ3n) is 4.15. The van der Waals surface area contributed by atoms with Crippen molar-refractivity contribution in [1.82, 2.24) is 9.80 Å². The van der Waals surface area contributed by atoms with Gasteiger partial charge in [0, 0.05) is 26.2 Å². The summed E-state index contributed by atoms with van der Waals surface area (Å²) < 4.78 is 0. The van der Waals surface area contributed by atoms with Crippen LogP contribution in [0.2, 0.25) is 0 Å². The molecule has 1 aliphatic heterocycles. The molecule has 0 aromatic heterocycles.